The highest BCUT2D eigenvalue weighted by atomic mass is 16.3. The summed E-state index contributed by atoms with van der Waals surface area (Å²) in [6, 6.07) is 0. The first-order chi connectivity index (χ1) is 16.4. The molecule has 0 fully saturated rings. The van der Waals surface area contributed by atoms with Crippen LogP contribution < -0.4 is 0 Å². The lowest BCUT2D eigenvalue weighted by molar-refractivity contribution is -0.111. The van der Waals surface area contributed by atoms with Crippen LogP contribution >= 0.6 is 0 Å². The van der Waals surface area contributed by atoms with Crippen molar-refractivity contribution in [2.24, 2.45) is 28.6 Å². The molecule has 0 aromatic carbocycles. The quantitative estimate of drug-likeness (QED) is 0.181. The molecule has 0 aliphatic heterocycles. The van der Waals surface area contributed by atoms with E-state index in [0.29, 0.717) is 43.9 Å². The highest BCUT2D eigenvalue weighted by molar-refractivity contribution is 5.59. The van der Waals surface area contributed by atoms with Crippen molar-refractivity contribution in [2.75, 3.05) is 13.2 Å². The first-order valence-corrected chi connectivity index (χ1v) is 13.5. The first-order valence-electron chi connectivity index (χ1n) is 13.5. The van der Waals surface area contributed by atoms with Crippen LogP contribution in [0.3, 0.4) is 0 Å². The first kappa shape index (κ1) is 29.7. The molecule has 35 heavy (non-hydrogen) atoms. The number of aldehydes is 1. The van der Waals surface area contributed by atoms with Gasteiger partial charge in [0.1, 0.15) is 6.29 Å². The zero-order valence-corrected chi connectivity index (χ0v) is 23.2. The maximum atomic E-state index is 11.6. The average Bonchev–Trinajstić information content (AvgIpc) is 2.80. The summed E-state index contributed by atoms with van der Waals surface area (Å²) in [7, 11) is 0. The van der Waals surface area contributed by atoms with Gasteiger partial charge in [-0.1, -0.05) is 74.3 Å². The van der Waals surface area contributed by atoms with E-state index in [1.165, 1.54) is 11.1 Å². The van der Waals surface area contributed by atoms with Gasteiger partial charge in [0.05, 0.1) is 12.2 Å². The summed E-state index contributed by atoms with van der Waals surface area (Å²) in [5, 5.41) is 31.7. The van der Waals surface area contributed by atoms with E-state index >= 15 is 0 Å². The summed E-state index contributed by atoms with van der Waals surface area (Å²) in [5.41, 5.74) is 2.96. The van der Waals surface area contributed by atoms with E-state index in [2.05, 4.69) is 58.9 Å². The van der Waals surface area contributed by atoms with Gasteiger partial charge in [0.25, 0.3) is 0 Å². The van der Waals surface area contributed by atoms with Crippen molar-refractivity contribution in [3.63, 3.8) is 0 Å². The molecule has 0 heterocycles. The number of hydrogen-bond acceptors (Lipinski definition) is 4. The zero-order chi connectivity index (χ0) is 26.4. The molecule has 2 aliphatic rings. The molecule has 0 radical (unpaired) electrons. The van der Waals surface area contributed by atoms with E-state index in [1.54, 1.807) is 0 Å². The van der Waals surface area contributed by atoms with Gasteiger partial charge in [-0.2, -0.15) is 0 Å². The van der Waals surface area contributed by atoms with Crippen molar-refractivity contribution in [3.8, 4) is 0 Å². The number of hydrogen-bond donors (Lipinski definition) is 3. The Morgan fingerprint density at radius 2 is 1.94 bits per heavy atom. The fraction of sp³-hybridized carbons (Fsp3) is 0.710. The minimum Gasteiger partial charge on any atom is -0.396 e. The predicted octanol–water partition coefficient (Wildman–Crippen LogP) is 6.33. The second kappa shape index (κ2) is 12.2. The summed E-state index contributed by atoms with van der Waals surface area (Å²) in [6.07, 6.45) is 14.8. The lowest BCUT2D eigenvalue weighted by Gasteiger charge is -2.51. The van der Waals surface area contributed by atoms with Gasteiger partial charge in [-0.25, -0.2) is 0 Å². The van der Waals surface area contributed by atoms with Crippen molar-refractivity contribution >= 4 is 6.29 Å². The minimum absolute atomic E-state index is 0.0453. The number of aliphatic hydroxyl groups is 3. The summed E-state index contributed by atoms with van der Waals surface area (Å²) in [5.74, 6) is 0.802. The number of rotatable bonds is 11. The van der Waals surface area contributed by atoms with E-state index in [4.69, 9.17) is 0 Å². The van der Waals surface area contributed by atoms with Crippen molar-refractivity contribution < 1.29 is 20.1 Å². The fourth-order valence-electron chi connectivity index (χ4n) is 6.35. The molecule has 3 N–H and O–H groups in total. The Hall–Kier alpha value is -1.49. The maximum absolute atomic E-state index is 11.6. The normalized spacial score (nSPS) is 32.6. The monoisotopic (exact) mass is 486 g/mol. The molecular formula is C31H50O4. The third kappa shape index (κ3) is 6.26. The van der Waals surface area contributed by atoms with E-state index in [0.717, 1.165) is 30.3 Å². The smallest absolute Gasteiger partial charge is 0.126 e. The van der Waals surface area contributed by atoms with Gasteiger partial charge in [0.15, 0.2) is 0 Å². The van der Waals surface area contributed by atoms with Gasteiger partial charge in [-0.15, -0.1) is 0 Å². The van der Waals surface area contributed by atoms with E-state index in [-0.39, 0.29) is 24.5 Å². The molecule has 0 saturated heterocycles. The molecule has 5 atom stereocenters. The van der Waals surface area contributed by atoms with Gasteiger partial charge >= 0.3 is 0 Å². The molecule has 0 aromatic heterocycles. The summed E-state index contributed by atoms with van der Waals surface area (Å²) in [4.78, 5) is 11.6. The molecule has 2 aliphatic carbocycles. The molecule has 1 unspecified atom stereocenters. The molecule has 0 aromatic rings. The van der Waals surface area contributed by atoms with Crippen molar-refractivity contribution in [1.29, 1.82) is 0 Å². The van der Waals surface area contributed by atoms with Crippen LogP contribution in [0.1, 0.15) is 93.4 Å². The van der Waals surface area contributed by atoms with Gasteiger partial charge < -0.3 is 20.1 Å². The molecule has 0 spiro atoms. The zero-order valence-electron chi connectivity index (χ0n) is 23.2. The second-order valence-electron chi connectivity index (χ2n) is 12.0. The summed E-state index contributed by atoms with van der Waals surface area (Å²) in [6.45, 7) is 15.0. The third-order valence-electron chi connectivity index (χ3n) is 9.43. The molecule has 2 rings (SSSR count). The molecule has 4 nitrogen and oxygen atoms in total. The molecular weight excluding hydrogens is 436 g/mol. The number of aliphatic hydroxyl groups excluding tert-OH is 2. The van der Waals surface area contributed by atoms with Gasteiger partial charge in [-0.3, -0.25) is 0 Å². The highest BCUT2D eigenvalue weighted by Crippen LogP contribution is 2.53. The standard InChI is InChI=1S/C31H50O4/c1-22(12-15-27-23(2)13-14-25(4)29(27,5)6)10-8-17-31(21-34)28(11-9-19-32)26(24(3)20-33)16-18-30(31,7)35/h10,12-13,15,20,24-25,27,32,34-35H,8-9,11,14,16-19,21H2,1-7H3/t24?,25-,27+,30-,31+/m0/s1. The van der Waals surface area contributed by atoms with Crippen LogP contribution in [0.5, 0.6) is 0 Å². The van der Waals surface area contributed by atoms with E-state index in [9.17, 15) is 20.1 Å². The van der Waals surface area contributed by atoms with Crippen LogP contribution in [0.4, 0.5) is 0 Å². The van der Waals surface area contributed by atoms with Crippen LogP contribution in [0.25, 0.3) is 0 Å². The molecule has 0 amide bonds. The molecule has 198 valence electrons. The lowest BCUT2D eigenvalue weighted by Crippen LogP contribution is -2.53. The Labute approximate surface area is 213 Å². The topological polar surface area (TPSA) is 77.8 Å². The number of carbonyl (C=O) groups is 1. The van der Waals surface area contributed by atoms with Crippen LogP contribution in [-0.2, 0) is 4.79 Å². The highest BCUT2D eigenvalue weighted by Gasteiger charge is 2.52. The third-order valence-corrected chi connectivity index (χ3v) is 9.43. The Bertz CT molecular complexity index is 857. The Kier molecular flexibility index (Phi) is 10.3. The SMILES string of the molecule is CC(C=C[C@@H]1C(C)=CC[C@H](C)C1(C)C)=CCC[C@@]1(CO)C(CCCO)=C(C(C)C=O)CC[C@]1(C)O. The fourth-order valence-corrected chi connectivity index (χ4v) is 6.35. The van der Waals surface area contributed by atoms with E-state index < -0.39 is 11.0 Å². The average molecular weight is 487 g/mol. The molecule has 4 heteroatoms. The summed E-state index contributed by atoms with van der Waals surface area (Å²) >= 11 is 0. The van der Waals surface area contributed by atoms with Crippen LogP contribution in [0.15, 0.2) is 46.6 Å². The van der Waals surface area contributed by atoms with Crippen LogP contribution in [0.2, 0.25) is 0 Å². The number of allylic oxidation sites excluding steroid dienone is 7. The van der Waals surface area contributed by atoms with Crippen LogP contribution in [-0.4, -0.2) is 40.4 Å². The lowest BCUT2D eigenvalue weighted by atomic mass is 9.57. The van der Waals surface area contributed by atoms with Gasteiger partial charge in [-0.05, 0) is 77.0 Å². The minimum atomic E-state index is -1.07. The van der Waals surface area contributed by atoms with Crippen molar-refractivity contribution in [3.05, 3.63) is 46.6 Å². The van der Waals surface area contributed by atoms with E-state index in [1.807, 2.05) is 13.8 Å². The number of carbonyl (C=O) groups excluding carboxylic acids is 1. The van der Waals surface area contributed by atoms with Gasteiger partial charge in [0.2, 0.25) is 0 Å². The summed E-state index contributed by atoms with van der Waals surface area (Å²) < 4.78 is 0. The Balaban J connectivity index is 2.30. The predicted molar refractivity (Wildman–Crippen MR) is 145 cm³/mol. The van der Waals surface area contributed by atoms with Crippen LogP contribution in [0, 0.1) is 28.6 Å². The Morgan fingerprint density at radius 3 is 2.54 bits per heavy atom. The largest absolute Gasteiger partial charge is 0.396 e. The molecule has 0 saturated carbocycles. The maximum Gasteiger partial charge on any atom is 0.126 e. The second-order valence-corrected chi connectivity index (χ2v) is 12.0. The van der Waals surface area contributed by atoms with Crippen molar-refractivity contribution in [1.82, 2.24) is 0 Å². The Morgan fingerprint density at radius 1 is 1.26 bits per heavy atom. The molecule has 0 bridgehead atoms. The van der Waals surface area contributed by atoms with Gasteiger partial charge in [0, 0.05) is 23.9 Å². The van der Waals surface area contributed by atoms with Crippen molar-refractivity contribution in [2.45, 2.75) is 99.0 Å².